The van der Waals surface area contributed by atoms with Gasteiger partial charge in [-0.05, 0) is 69.9 Å². The molecule has 0 radical (unpaired) electrons. The van der Waals surface area contributed by atoms with E-state index in [-0.39, 0.29) is 45.2 Å². The van der Waals surface area contributed by atoms with E-state index in [1.165, 1.54) is 18.7 Å². The lowest BCUT2D eigenvalue weighted by atomic mass is 10.0. The van der Waals surface area contributed by atoms with Gasteiger partial charge < -0.3 is 69.3 Å². The van der Waals surface area contributed by atoms with Gasteiger partial charge in [-0.15, -0.1) is 0 Å². The van der Waals surface area contributed by atoms with Crippen molar-refractivity contribution < 1.29 is 63.3 Å². The lowest BCUT2D eigenvalue weighted by Crippen LogP contribution is -2.62. The van der Waals surface area contributed by atoms with Crippen molar-refractivity contribution >= 4 is 71.0 Å². The number of carboxylic acid groups (broad SMARTS) is 2. The van der Waals surface area contributed by atoms with Crippen molar-refractivity contribution in [2.75, 3.05) is 31.6 Å². The number of amides is 8. The molecule has 1 unspecified atom stereocenters. The topological polar surface area (TPSA) is 385 Å². The first-order valence-corrected chi connectivity index (χ1v) is 20.5. The van der Waals surface area contributed by atoms with E-state index in [4.69, 9.17) is 27.4 Å². The van der Waals surface area contributed by atoms with Crippen molar-refractivity contribution in [3.8, 4) is 0 Å². The minimum Gasteiger partial charge on any atom is -0.481 e. The highest BCUT2D eigenvalue weighted by atomic mass is 32.2. The SMILES string of the molecule is CSCC[C@H](NC(=O)[C@@H](N)CCC(=O)O)C(=O)N[C@H](C(=O)NC(CCCN)C(=O)N[C@H](C(=O)N[C@@H](CC(N)=O)C(=O)N1CCC[C@H]1C(=O)NCC(=O)O)C(C)C)[C@@H](C)O. The summed E-state index contributed by atoms with van der Waals surface area (Å²) in [6, 6.07) is -9.54. The van der Waals surface area contributed by atoms with E-state index >= 15 is 0 Å². The van der Waals surface area contributed by atoms with Gasteiger partial charge in [0.05, 0.1) is 18.6 Å². The number of rotatable bonds is 27. The van der Waals surface area contributed by atoms with Gasteiger partial charge in [-0.1, -0.05) is 13.8 Å². The molecule has 24 heteroatoms. The maximum absolute atomic E-state index is 13.7. The van der Waals surface area contributed by atoms with Crippen LogP contribution >= 0.6 is 11.8 Å². The zero-order valence-corrected chi connectivity index (χ0v) is 34.5. The summed E-state index contributed by atoms with van der Waals surface area (Å²) < 4.78 is 0. The normalized spacial score (nSPS) is 17.2. The highest BCUT2D eigenvalue weighted by Crippen LogP contribution is 2.20. The molecule has 8 atom stereocenters. The molecule has 0 aromatic heterocycles. The van der Waals surface area contributed by atoms with Gasteiger partial charge in [-0.2, -0.15) is 11.8 Å². The average Bonchev–Trinajstić information content (AvgIpc) is 3.66. The first-order valence-electron chi connectivity index (χ1n) is 19.1. The third-order valence-corrected chi connectivity index (χ3v) is 9.81. The number of nitrogens with two attached hydrogens (primary N) is 3. The van der Waals surface area contributed by atoms with E-state index in [1.54, 1.807) is 20.1 Å². The molecular weight excluding hydrogens is 801 g/mol. The van der Waals surface area contributed by atoms with Crippen LogP contribution in [0.5, 0.6) is 0 Å². The van der Waals surface area contributed by atoms with Crippen molar-refractivity contribution in [1.82, 2.24) is 36.8 Å². The van der Waals surface area contributed by atoms with Crippen LogP contribution in [0, 0.1) is 5.92 Å². The molecule has 0 spiro atoms. The Morgan fingerprint density at radius 3 is 1.85 bits per heavy atom. The summed E-state index contributed by atoms with van der Waals surface area (Å²) >= 11 is 1.35. The van der Waals surface area contributed by atoms with Crippen molar-refractivity contribution in [2.24, 2.45) is 23.1 Å². The first kappa shape index (κ1) is 51.9. The van der Waals surface area contributed by atoms with Gasteiger partial charge in [-0.3, -0.25) is 47.9 Å². The minimum atomic E-state index is -1.66. The van der Waals surface area contributed by atoms with E-state index in [1.807, 2.05) is 0 Å². The molecule has 1 aliphatic heterocycles. The van der Waals surface area contributed by atoms with Crippen LogP contribution in [0.25, 0.3) is 0 Å². The van der Waals surface area contributed by atoms with E-state index in [9.17, 15) is 53.1 Å². The van der Waals surface area contributed by atoms with Crippen molar-refractivity contribution in [1.29, 1.82) is 0 Å². The number of aliphatic hydroxyl groups is 1. The molecular formula is C35H60N10O13S. The van der Waals surface area contributed by atoms with Gasteiger partial charge in [0.25, 0.3) is 0 Å². The second kappa shape index (κ2) is 26.1. The Kier molecular flexibility index (Phi) is 23.0. The number of carbonyl (C=O) groups is 10. The summed E-state index contributed by atoms with van der Waals surface area (Å²) in [4.78, 5) is 128. The van der Waals surface area contributed by atoms with Gasteiger partial charge in [0, 0.05) is 13.0 Å². The van der Waals surface area contributed by atoms with Crippen LogP contribution in [0.4, 0.5) is 0 Å². The van der Waals surface area contributed by atoms with Gasteiger partial charge in [0.15, 0.2) is 0 Å². The standard InChI is InChI=1S/C35H60N10O13S/c1-17(2)27(33(56)42-22(15-24(38)47)35(58)45-13-6-8-23(45)32(55)39-16-26(50)51)43-30(53)20(7-5-12-36)41-34(57)28(18(3)46)44-31(54)21(11-14-59-4)40-29(52)19(37)9-10-25(48)49/h17-23,27-28,46H,5-16,36-37H2,1-4H3,(H2,38,47)(H,39,55)(H,40,52)(H,41,57)(H,42,56)(H,43,53)(H,44,54)(H,48,49)(H,50,51)/t18-,19+,20?,21+,22+,23+,27+,28+/m1/s1. The number of aliphatic carboxylic acids is 2. The van der Waals surface area contributed by atoms with Crippen LogP contribution in [0.1, 0.15) is 72.1 Å². The molecule has 0 bridgehead atoms. The summed E-state index contributed by atoms with van der Waals surface area (Å²) in [6.45, 7) is 3.78. The number of nitrogens with one attached hydrogen (secondary N) is 6. The fourth-order valence-corrected chi connectivity index (χ4v) is 6.41. The number of primary amides is 1. The Labute approximate surface area is 345 Å². The predicted molar refractivity (Wildman–Crippen MR) is 211 cm³/mol. The summed E-state index contributed by atoms with van der Waals surface area (Å²) in [7, 11) is 0. The second-order valence-electron chi connectivity index (χ2n) is 14.4. The Hall–Kier alpha value is -5.07. The van der Waals surface area contributed by atoms with Crippen molar-refractivity contribution in [2.45, 2.75) is 121 Å². The molecule has 15 N–H and O–H groups in total. The first-order chi connectivity index (χ1) is 27.6. The number of nitrogens with zero attached hydrogens (tertiary/aromatic N) is 1. The van der Waals surface area contributed by atoms with E-state index < -0.39 is 133 Å². The molecule has 8 amide bonds. The van der Waals surface area contributed by atoms with Crippen LogP contribution in [0.15, 0.2) is 0 Å². The third-order valence-electron chi connectivity index (χ3n) is 9.16. The van der Waals surface area contributed by atoms with Crippen LogP contribution in [-0.2, 0) is 47.9 Å². The highest BCUT2D eigenvalue weighted by molar-refractivity contribution is 7.98. The van der Waals surface area contributed by atoms with Crippen molar-refractivity contribution in [3.05, 3.63) is 0 Å². The molecule has 23 nitrogen and oxygen atoms in total. The fraction of sp³-hybridized carbons (Fsp3) is 0.714. The maximum atomic E-state index is 13.7. The molecule has 1 fully saturated rings. The van der Waals surface area contributed by atoms with Gasteiger partial charge >= 0.3 is 11.9 Å². The number of hydrogen-bond acceptors (Lipinski definition) is 14. The van der Waals surface area contributed by atoms with Gasteiger partial charge in [0.1, 0.15) is 42.8 Å². The molecule has 59 heavy (non-hydrogen) atoms. The summed E-state index contributed by atoms with van der Waals surface area (Å²) in [5, 5.41) is 42.9. The monoisotopic (exact) mass is 860 g/mol. The molecule has 1 aliphatic rings. The van der Waals surface area contributed by atoms with Gasteiger partial charge in [-0.25, -0.2) is 0 Å². The fourth-order valence-electron chi connectivity index (χ4n) is 5.94. The molecule has 0 aromatic rings. The largest absolute Gasteiger partial charge is 0.481 e. The van der Waals surface area contributed by atoms with Crippen LogP contribution in [0.2, 0.25) is 0 Å². The maximum Gasteiger partial charge on any atom is 0.322 e. The van der Waals surface area contributed by atoms with E-state index in [0.717, 1.165) is 4.90 Å². The molecule has 0 saturated carbocycles. The molecule has 0 aliphatic carbocycles. The highest BCUT2D eigenvalue weighted by Gasteiger charge is 2.40. The lowest BCUT2D eigenvalue weighted by molar-refractivity contribution is -0.144. The van der Waals surface area contributed by atoms with Crippen LogP contribution < -0.4 is 49.1 Å². The van der Waals surface area contributed by atoms with E-state index in [2.05, 4.69) is 31.9 Å². The number of carbonyl (C=O) groups excluding carboxylic acids is 8. The lowest BCUT2D eigenvalue weighted by Gasteiger charge is -2.31. The number of aliphatic hydroxyl groups excluding tert-OH is 1. The van der Waals surface area contributed by atoms with Crippen LogP contribution in [0.3, 0.4) is 0 Å². The zero-order valence-electron chi connectivity index (χ0n) is 33.7. The number of likely N-dealkylation sites (tertiary alicyclic amines) is 1. The molecule has 1 rings (SSSR count). The summed E-state index contributed by atoms with van der Waals surface area (Å²) in [5.41, 5.74) is 16.9. The molecule has 1 heterocycles. The quantitative estimate of drug-likeness (QED) is 0.0369. The molecule has 334 valence electrons. The van der Waals surface area contributed by atoms with Crippen molar-refractivity contribution in [3.63, 3.8) is 0 Å². The summed E-state index contributed by atoms with van der Waals surface area (Å²) in [5.74, 6) is -9.79. The Balaban J connectivity index is 3.23. The van der Waals surface area contributed by atoms with Crippen LogP contribution in [-0.4, -0.2) is 159 Å². The van der Waals surface area contributed by atoms with Gasteiger partial charge in [0.2, 0.25) is 47.3 Å². The average molecular weight is 861 g/mol. The third kappa shape index (κ3) is 18.2. The molecule has 0 aromatic carbocycles. The Bertz CT molecular complexity index is 1520. The second-order valence-corrected chi connectivity index (χ2v) is 15.3. The number of thioether (sulfide) groups is 1. The van der Waals surface area contributed by atoms with E-state index in [0.29, 0.717) is 12.2 Å². The zero-order chi connectivity index (χ0) is 45.0. The smallest absolute Gasteiger partial charge is 0.322 e. The predicted octanol–water partition coefficient (Wildman–Crippen LogP) is -4.80. The molecule has 1 saturated heterocycles. The Morgan fingerprint density at radius 1 is 0.763 bits per heavy atom. The summed E-state index contributed by atoms with van der Waals surface area (Å²) in [6.07, 6.45) is -0.288. The number of hydrogen-bond donors (Lipinski definition) is 12. The Morgan fingerprint density at radius 2 is 1.32 bits per heavy atom. The number of carboxylic acids is 2. The minimum absolute atomic E-state index is 0.0613.